The Kier molecular flexibility index (Phi) is 3.85. The molecule has 0 amide bonds. The van der Waals surface area contributed by atoms with Crippen LogP contribution in [0.1, 0.15) is 20.3 Å². The van der Waals surface area contributed by atoms with E-state index in [0.29, 0.717) is 0 Å². The predicted octanol–water partition coefficient (Wildman–Crippen LogP) is 1.84. The van der Waals surface area contributed by atoms with Crippen molar-refractivity contribution in [3.05, 3.63) is 35.8 Å². The second kappa shape index (κ2) is 5.14. The number of rotatable bonds is 2. The minimum absolute atomic E-state index is 0.263. The van der Waals surface area contributed by atoms with Gasteiger partial charge in [0.05, 0.1) is 0 Å². The number of cyclic esters (lactones) is 2. The second-order valence-electron chi connectivity index (χ2n) is 2.91. The molecule has 0 bridgehead atoms. The van der Waals surface area contributed by atoms with Crippen LogP contribution in [0.15, 0.2) is 35.8 Å². The molecule has 1 heterocycles. The molecule has 0 atom stereocenters. The van der Waals surface area contributed by atoms with Crippen LogP contribution in [-0.4, -0.2) is 11.9 Å². The van der Waals surface area contributed by atoms with E-state index in [1.165, 1.54) is 0 Å². The number of carbonyl (C=O) groups is 2. The van der Waals surface area contributed by atoms with Crippen molar-refractivity contribution in [2.75, 3.05) is 0 Å². The summed E-state index contributed by atoms with van der Waals surface area (Å²) >= 11 is 0. The highest BCUT2D eigenvalue weighted by atomic mass is 16.6. The first-order valence-corrected chi connectivity index (χ1v) is 4.62. The van der Waals surface area contributed by atoms with Crippen LogP contribution in [0, 0.1) is 0 Å². The molecule has 0 spiro atoms. The van der Waals surface area contributed by atoms with Crippen molar-refractivity contribution >= 4 is 11.9 Å². The first kappa shape index (κ1) is 11.2. The molecule has 0 aromatic rings. The summed E-state index contributed by atoms with van der Waals surface area (Å²) in [5.41, 5.74) is 0. The molecular weight excluding hydrogens is 196 g/mol. The molecule has 0 N–H and O–H groups in total. The van der Waals surface area contributed by atoms with Crippen LogP contribution >= 0.6 is 0 Å². The molecule has 0 saturated heterocycles. The Balaban J connectivity index is 2.94. The lowest BCUT2D eigenvalue weighted by molar-refractivity contribution is -0.139. The Labute approximate surface area is 87.9 Å². The normalized spacial score (nSPS) is 24.4. The van der Waals surface area contributed by atoms with E-state index >= 15 is 0 Å². The highest BCUT2D eigenvalue weighted by molar-refractivity contribution is 5.93. The SMILES string of the molecule is CC/C=C/C1=C(\C)OC(=O)/C=C\C(=O)O1. The maximum atomic E-state index is 11.1. The van der Waals surface area contributed by atoms with Gasteiger partial charge in [0, 0.05) is 12.2 Å². The summed E-state index contributed by atoms with van der Waals surface area (Å²) in [5.74, 6) is -0.616. The van der Waals surface area contributed by atoms with Gasteiger partial charge >= 0.3 is 11.9 Å². The van der Waals surface area contributed by atoms with Crippen molar-refractivity contribution in [1.82, 2.24) is 0 Å². The molecule has 4 heteroatoms. The van der Waals surface area contributed by atoms with Gasteiger partial charge in [-0.05, 0) is 19.4 Å². The quantitative estimate of drug-likeness (QED) is 0.650. The van der Waals surface area contributed by atoms with E-state index in [2.05, 4.69) is 0 Å². The van der Waals surface area contributed by atoms with E-state index in [0.717, 1.165) is 18.6 Å². The van der Waals surface area contributed by atoms with Gasteiger partial charge in [-0.3, -0.25) is 0 Å². The lowest BCUT2D eigenvalue weighted by Crippen LogP contribution is -2.10. The Morgan fingerprint density at radius 3 is 2.40 bits per heavy atom. The van der Waals surface area contributed by atoms with Gasteiger partial charge in [0.15, 0.2) is 5.76 Å². The minimum Gasteiger partial charge on any atom is -0.424 e. The van der Waals surface area contributed by atoms with Crippen molar-refractivity contribution in [2.24, 2.45) is 0 Å². The lowest BCUT2D eigenvalue weighted by atomic mass is 10.3. The van der Waals surface area contributed by atoms with E-state index in [1.54, 1.807) is 13.0 Å². The van der Waals surface area contributed by atoms with Gasteiger partial charge in [-0.25, -0.2) is 9.59 Å². The number of carbonyl (C=O) groups excluding carboxylic acids is 2. The number of esters is 2. The van der Waals surface area contributed by atoms with Crippen LogP contribution in [0.2, 0.25) is 0 Å². The fourth-order valence-corrected chi connectivity index (χ4v) is 0.962. The smallest absolute Gasteiger partial charge is 0.336 e. The fraction of sp³-hybridized carbons (Fsp3) is 0.273. The summed E-state index contributed by atoms with van der Waals surface area (Å²) in [6.07, 6.45) is 6.30. The van der Waals surface area contributed by atoms with Crippen molar-refractivity contribution in [3.8, 4) is 0 Å². The van der Waals surface area contributed by atoms with Gasteiger partial charge in [-0.1, -0.05) is 13.0 Å². The minimum atomic E-state index is -0.582. The first-order valence-electron chi connectivity index (χ1n) is 4.62. The molecule has 1 aliphatic rings. The van der Waals surface area contributed by atoms with Crippen LogP contribution in [0.25, 0.3) is 0 Å². The molecule has 1 aliphatic heterocycles. The molecule has 0 aromatic carbocycles. The molecule has 15 heavy (non-hydrogen) atoms. The van der Waals surface area contributed by atoms with Gasteiger partial charge in [0.25, 0.3) is 0 Å². The molecule has 0 unspecified atom stereocenters. The number of ether oxygens (including phenoxy) is 2. The van der Waals surface area contributed by atoms with Gasteiger partial charge in [-0.15, -0.1) is 0 Å². The molecule has 0 radical (unpaired) electrons. The third kappa shape index (κ3) is 3.42. The Morgan fingerprint density at radius 1 is 1.20 bits per heavy atom. The summed E-state index contributed by atoms with van der Waals surface area (Å²) in [6, 6.07) is 0. The molecule has 80 valence electrons. The van der Waals surface area contributed by atoms with Crippen LogP contribution < -0.4 is 0 Å². The van der Waals surface area contributed by atoms with Gasteiger partial charge in [0.1, 0.15) is 5.76 Å². The Morgan fingerprint density at radius 2 is 1.80 bits per heavy atom. The van der Waals surface area contributed by atoms with Gasteiger partial charge in [0.2, 0.25) is 0 Å². The van der Waals surface area contributed by atoms with Crippen molar-refractivity contribution in [2.45, 2.75) is 20.3 Å². The monoisotopic (exact) mass is 208 g/mol. The third-order valence-corrected chi connectivity index (χ3v) is 1.67. The largest absolute Gasteiger partial charge is 0.424 e. The van der Waals surface area contributed by atoms with Crippen LogP contribution in [0.5, 0.6) is 0 Å². The summed E-state index contributed by atoms with van der Waals surface area (Å²) < 4.78 is 9.82. The summed E-state index contributed by atoms with van der Waals surface area (Å²) in [4.78, 5) is 22.2. The van der Waals surface area contributed by atoms with E-state index in [-0.39, 0.29) is 11.5 Å². The van der Waals surface area contributed by atoms with Gasteiger partial charge in [-0.2, -0.15) is 0 Å². The average Bonchev–Trinajstić information content (AvgIpc) is 2.19. The Bertz CT molecular complexity index is 361. The van der Waals surface area contributed by atoms with Crippen molar-refractivity contribution in [1.29, 1.82) is 0 Å². The summed E-state index contributed by atoms with van der Waals surface area (Å²) in [5, 5.41) is 0. The molecule has 4 nitrogen and oxygen atoms in total. The molecule has 1 rings (SSSR count). The maximum absolute atomic E-state index is 11.1. The zero-order valence-electron chi connectivity index (χ0n) is 8.65. The van der Waals surface area contributed by atoms with Crippen LogP contribution in [-0.2, 0) is 19.1 Å². The lowest BCUT2D eigenvalue weighted by Gasteiger charge is -2.09. The van der Waals surface area contributed by atoms with Crippen molar-refractivity contribution in [3.63, 3.8) is 0 Å². The molecule has 0 aliphatic carbocycles. The zero-order chi connectivity index (χ0) is 11.3. The number of allylic oxidation sites excluding steroid dienone is 3. The average molecular weight is 208 g/mol. The van der Waals surface area contributed by atoms with E-state index in [1.807, 2.05) is 13.0 Å². The van der Waals surface area contributed by atoms with Crippen LogP contribution in [0.3, 0.4) is 0 Å². The topological polar surface area (TPSA) is 52.6 Å². The van der Waals surface area contributed by atoms with Crippen LogP contribution in [0.4, 0.5) is 0 Å². The standard InChI is InChI=1S/C11H12O4/c1-3-4-5-9-8(2)14-10(12)6-7-11(13)15-9/h4-7H,3H2,1-2H3/b5-4+,7-6-,9-8-. The van der Waals surface area contributed by atoms with E-state index in [9.17, 15) is 9.59 Å². The predicted molar refractivity (Wildman–Crippen MR) is 53.5 cm³/mol. The first-order chi connectivity index (χ1) is 7.13. The fourth-order valence-electron chi connectivity index (χ4n) is 0.962. The molecule has 0 fully saturated rings. The molecule has 0 aromatic heterocycles. The number of hydrogen-bond donors (Lipinski definition) is 0. The number of hydrogen-bond acceptors (Lipinski definition) is 4. The highest BCUT2D eigenvalue weighted by Gasteiger charge is 2.12. The second-order valence-corrected chi connectivity index (χ2v) is 2.91. The van der Waals surface area contributed by atoms with Crippen molar-refractivity contribution < 1.29 is 19.1 Å². The zero-order valence-corrected chi connectivity index (χ0v) is 8.65. The summed E-state index contributed by atoms with van der Waals surface area (Å²) in [6.45, 7) is 3.52. The van der Waals surface area contributed by atoms with E-state index < -0.39 is 11.9 Å². The molecule has 0 saturated carbocycles. The van der Waals surface area contributed by atoms with Gasteiger partial charge < -0.3 is 9.47 Å². The third-order valence-electron chi connectivity index (χ3n) is 1.67. The molecular formula is C11H12O4. The highest BCUT2D eigenvalue weighted by Crippen LogP contribution is 2.13. The summed E-state index contributed by atoms with van der Waals surface area (Å²) in [7, 11) is 0. The maximum Gasteiger partial charge on any atom is 0.336 e. The van der Waals surface area contributed by atoms with E-state index in [4.69, 9.17) is 9.47 Å². The Hall–Kier alpha value is -1.84.